The van der Waals surface area contributed by atoms with Crippen molar-refractivity contribution in [2.24, 2.45) is 0 Å². The number of rotatable bonds is 7. The van der Waals surface area contributed by atoms with Crippen molar-refractivity contribution < 1.29 is 13.9 Å². The van der Waals surface area contributed by atoms with Crippen LogP contribution in [0.1, 0.15) is 12.5 Å². The molecule has 0 saturated heterocycles. The maximum Gasteiger partial charge on any atom is 0.161 e. The molecule has 5 rings (SSSR count). The van der Waals surface area contributed by atoms with Crippen LogP contribution in [0.2, 0.25) is 0 Å². The lowest BCUT2D eigenvalue weighted by atomic mass is 9.95. The predicted octanol–water partition coefficient (Wildman–Crippen LogP) is 6.69. The van der Waals surface area contributed by atoms with Crippen molar-refractivity contribution in [1.82, 2.24) is 4.98 Å². The van der Waals surface area contributed by atoms with Gasteiger partial charge in [-0.2, -0.15) is 0 Å². The fourth-order valence-electron chi connectivity index (χ4n) is 4.38. The number of ether oxygens (including phenoxy) is 2. The molecule has 0 unspecified atom stereocenters. The topological polar surface area (TPSA) is 47.7 Å². The van der Waals surface area contributed by atoms with Crippen LogP contribution in [0.5, 0.6) is 11.5 Å². The number of hydrogen-bond acceptors (Lipinski definition) is 5. The lowest BCUT2D eigenvalue weighted by molar-refractivity contribution is 0.356. The summed E-state index contributed by atoms with van der Waals surface area (Å²) in [5.41, 5.74) is 5.37. The Labute approximate surface area is 193 Å². The van der Waals surface area contributed by atoms with Gasteiger partial charge in [0.1, 0.15) is 5.58 Å². The number of hydrogen-bond donors (Lipinski definition) is 0. The first-order chi connectivity index (χ1) is 16.2. The maximum atomic E-state index is 5.93. The molecule has 3 aromatic carbocycles. The van der Waals surface area contributed by atoms with Gasteiger partial charge in [0, 0.05) is 42.1 Å². The van der Waals surface area contributed by atoms with Gasteiger partial charge in [0.05, 0.1) is 20.5 Å². The van der Waals surface area contributed by atoms with Gasteiger partial charge in [-0.25, -0.2) is 0 Å². The third-order valence-electron chi connectivity index (χ3n) is 6.06. The van der Waals surface area contributed by atoms with Crippen molar-refractivity contribution in [3.63, 3.8) is 0 Å². The monoisotopic (exact) mass is 438 g/mol. The van der Waals surface area contributed by atoms with E-state index in [1.165, 1.54) is 11.3 Å². The smallest absolute Gasteiger partial charge is 0.161 e. The summed E-state index contributed by atoms with van der Waals surface area (Å²) >= 11 is 0. The van der Waals surface area contributed by atoms with E-state index in [2.05, 4.69) is 53.2 Å². The number of nitrogens with zero attached hydrogens (tertiary/aromatic N) is 2. The van der Waals surface area contributed by atoms with Gasteiger partial charge in [-0.15, -0.1) is 0 Å². The Balaban J connectivity index is 1.60. The minimum Gasteiger partial charge on any atom is -0.493 e. The van der Waals surface area contributed by atoms with E-state index in [9.17, 15) is 0 Å². The van der Waals surface area contributed by atoms with Gasteiger partial charge >= 0.3 is 0 Å². The van der Waals surface area contributed by atoms with Crippen molar-refractivity contribution in [2.75, 3.05) is 25.7 Å². The van der Waals surface area contributed by atoms with Crippen molar-refractivity contribution >= 4 is 27.4 Å². The van der Waals surface area contributed by atoms with Gasteiger partial charge in [0.25, 0.3) is 0 Å². The average Bonchev–Trinajstić information content (AvgIpc) is 3.34. The summed E-state index contributed by atoms with van der Waals surface area (Å²) in [4.78, 5) is 6.58. The Kier molecular flexibility index (Phi) is 5.61. The fourth-order valence-corrected chi connectivity index (χ4v) is 4.38. The highest BCUT2D eigenvalue weighted by atomic mass is 16.5. The van der Waals surface area contributed by atoms with Gasteiger partial charge in [0.15, 0.2) is 11.5 Å². The number of methoxy groups -OCH3 is 2. The molecule has 166 valence electrons. The van der Waals surface area contributed by atoms with E-state index >= 15 is 0 Å². The number of anilines is 1. The number of fused-ring (bicyclic) bond motifs is 2. The summed E-state index contributed by atoms with van der Waals surface area (Å²) in [6, 6.07) is 20.9. The van der Waals surface area contributed by atoms with E-state index < -0.39 is 0 Å². The molecule has 0 bridgehead atoms. The Morgan fingerprint density at radius 2 is 1.70 bits per heavy atom. The second kappa shape index (κ2) is 8.87. The molecular formula is C28H26N2O3. The Morgan fingerprint density at radius 3 is 2.39 bits per heavy atom. The van der Waals surface area contributed by atoms with Gasteiger partial charge in [-0.3, -0.25) is 4.98 Å². The third-order valence-corrected chi connectivity index (χ3v) is 6.06. The van der Waals surface area contributed by atoms with Crippen LogP contribution in [0.15, 0.2) is 83.7 Å². The van der Waals surface area contributed by atoms with E-state index in [1.54, 1.807) is 26.7 Å². The first-order valence-electron chi connectivity index (χ1n) is 11.0. The largest absolute Gasteiger partial charge is 0.493 e. The van der Waals surface area contributed by atoms with Crippen LogP contribution < -0.4 is 14.4 Å². The molecule has 2 heterocycles. The first kappa shape index (κ1) is 20.9. The summed E-state index contributed by atoms with van der Waals surface area (Å²) in [5, 5.41) is 3.19. The molecule has 0 aliphatic heterocycles. The highest BCUT2D eigenvalue weighted by molar-refractivity contribution is 6.11. The SMILES string of the molecule is CCN(Cc1cccnc1)c1ccc(-c2c3cc(OC)c(OC)cc3cc3ccoc23)cc1. The number of benzene rings is 3. The Hall–Kier alpha value is -3.99. The zero-order valence-corrected chi connectivity index (χ0v) is 19.0. The van der Waals surface area contributed by atoms with E-state index in [-0.39, 0.29) is 0 Å². The molecule has 0 aliphatic rings. The van der Waals surface area contributed by atoms with Gasteiger partial charge in [-0.1, -0.05) is 18.2 Å². The lowest BCUT2D eigenvalue weighted by Gasteiger charge is -2.23. The lowest BCUT2D eigenvalue weighted by Crippen LogP contribution is -2.21. The minimum atomic E-state index is 0.697. The first-order valence-corrected chi connectivity index (χ1v) is 11.0. The highest BCUT2D eigenvalue weighted by Gasteiger charge is 2.16. The van der Waals surface area contributed by atoms with Crippen LogP contribution in [0, 0.1) is 0 Å². The molecule has 5 heteroatoms. The van der Waals surface area contributed by atoms with Crippen molar-refractivity contribution in [3.05, 3.63) is 84.9 Å². The van der Waals surface area contributed by atoms with E-state index in [1.807, 2.05) is 30.5 Å². The van der Waals surface area contributed by atoms with Crippen LogP contribution in [0.25, 0.3) is 32.9 Å². The van der Waals surface area contributed by atoms with E-state index in [0.29, 0.717) is 11.5 Å². The Morgan fingerprint density at radius 1 is 0.909 bits per heavy atom. The predicted molar refractivity (Wildman–Crippen MR) is 133 cm³/mol. The fraction of sp³-hybridized carbons (Fsp3) is 0.179. The highest BCUT2D eigenvalue weighted by Crippen LogP contribution is 2.42. The normalized spacial score (nSPS) is 11.1. The van der Waals surface area contributed by atoms with Crippen LogP contribution in [-0.4, -0.2) is 25.7 Å². The molecule has 0 radical (unpaired) electrons. The Bertz CT molecular complexity index is 1390. The molecule has 5 aromatic rings. The molecule has 0 saturated carbocycles. The summed E-state index contributed by atoms with van der Waals surface area (Å²) in [6.07, 6.45) is 5.46. The number of furan rings is 1. The average molecular weight is 439 g/mol. The number of aromatic nitrogens is 1. The number of pyridine rings is 1. The quantitative estimate of drug-likeness (QED) is 0.283. The minimum absolute atomic E-state index is 0.697. The molecule has 0 spiro atoms. The van der Waals surface area contributed by atoms with Crippen LogP contribution in [0.4, 0.5) is 5.69 Å². The molecule has 5 nitrogen and oxygen atoms in total. The van der Waals surface area contributed by atoms with Crippen molar-refractivity contribution in [2.45, 2.75) is 13.5 Å². The van der Waals surface area contributed by atoms with Crippen molar-refractivity contribution in [3.8, 4) is 22.6 Å². The molecule has 0 atom stereocenters. The molecule has 0 amide bonds. The molecule has 0 N–H and O–H groups in total. The molecule has 0 fully saturated rings. The molecule has 33 heavy (non-hydrogen) atoms. The molecular weight excluding hydrogens is 412 g/mol. The molecule has 2 aromatic heterocycles. The third kappa shape index (κ3) is 3.87. The zero-order valence-electron chi connectivity index (χ0n) is 19.0. The standard InChI is InChI=1S/C28H26N2O3/c1-4-30(18-19-6-5-12-29-17-19)23-9-7-20(8-10-23)27-24-16-26(32-3)25(31-2)15-22(24)14-21-11-13-33-28(21)27/h5-17H,4,18H2,1-3H3. The second-order valence-corrected chi connectivity index (χ2v) is 7.94. The van der Waals surface area contributed by atoms with Crippen molar-refractivity contribution in [1.29, 1.82) is 0 Å². The van der Waals surface area contributed by atoms with Gasteiger partial charge < -0.3 is 18.8 Å². The summed E-state index contributed by atoms with van der Waals surface area (Å²) in [6.45, 7) is 3.89. The second-order valence-electron chi connectivity index (χ2n) is 7.94. The van der Waals surface area contributed by atoms with Crippen LogP contribution in [-0.2, 0) is 6.54 Å². The van der Waals surface area contributed by atoms with Gasteiger partial charge in [-0.05, 0) is 71.3 Å². The maximum absolute atomic E-state index is 5.93. The summed E-state index contributed by atoms with van der Waals surface area (Å²) < 4.78 is 17.0. The van der Waals surface area contributed by atoms with E-state index in [0.717, 1.165) is 46.0 Å². The van der Waals surface area contributed by atoms with Gasteiger partial charge in [0.2, 0.25) is 0 Å². The van der Waals surface area contributed by atoms with Crippen LogP contribution >= 0.6 is 0 Å². The molecule has 0 aliphatic carbocycles. The summed E-state index contributed by atoms with van der Waals surface area (Å²) in [7, 11) is 3.32. The van der Waals surface area contributed by atoms with Crippen LogP contribution in [0.3, 0.4) is 0 Å². The summed E-state index contributed by atoms with van der Waals surface area (Å²) in [5.74, 6) is 1.41. The zero-order chi connectivity index (χ0) is 22.8. The van der Waals surface area contributed by atoms with E-state index in [4.69, 9.17) is 13.9 Å².